The smallest absolute Gasteiger partial charge is 0.310 e. The number of anilines is 1. The first-order chi connectivity index (χ1) is 11.1. The lowest BCUT2D eigenvalue weighted by Gasteiger charge is -2.10. The first kappa shape index (κ1) is 16.3. The van der Waals surface area contributed by atoms with Crippen molar-refractivity contribution in [1.29, 1.82) is 0 Å². The van der Waals surface area contributed by atoms with Crippen LogP contribution in [0.1, 0.15) is 6.92 Å². The molecule has 0 saturated carbocycles. The van der Waals surface area contributed by atoms with E-state index in [1.165, 1.54) is 19.1 Å². The molecule has 0 aliphatic carbocycles. The van der Waals surface area contributed by atoms with E-state index in [4.69, 9.17) is 9.47 Å². The number of hydrogen-bond acceptors (Lipinski definition) is 5. The summed E-state index contributed by atoms with van der Waals surface area (Å²) in [4.78, 5) is 21.4. The molecule has 0 radical (unpaired) electrons. The third-order valence-corrected chi connectivity index (χ3v) is 2.83. The number of amides is 1. The topological polar surface area (TPSA) is 90.7 Å². The molecule has 0 saturated heterocycles. The summed E-state index contributed by atoms with van der Waals surface area (Å²) in [5.74, 6) is 0.609. The molecule has 23 heavy (non-hydrogen) atoms. The molecular weight excluding hydrogens is 300 g/mol. The molecule has 0 unspecified atom stereocenters. The first-order valence-corrected chi connectivity index (χ1v) is 6.93. The lowest BCUT2D eigenvalue weighted by molar-refractivity contribution is -0.385. The molecular formula is C16H16N2O5. The quantitative estimate of drug-likeness (QED) is 0.481. The third kappa shape index (κ3) is 4.99. The van der Waals surface area contributed by atoms with Crippen molar-refractivity contribution in [3.63, 3.8) is 0 Å². The van der Waals surface area contributed by atoms with Crippen LogP contribution in [-0.4, -0.2) is 24.0 Å². The summed E-state index contributed by atoms with van der Waals surface area (Å²) in [6.07, 6.45) is 0. The average molecular weight is 316 g/mol. The monoisotopic (exact) mass is 316 g/mol. The van der Waals surface area contributed by atoms with Crippen LogP contribution in [0, 0.1) is 10.1 Å². The number of para-hydroxylation sites is 2. The Bertz CT molecular complexity index is 702. The summed E-state index contributed by atoms with van der Waals surface area (Å²) < 4.78 is 10.9. The van der Waals surface area contributed by atoms with Crippen LogP contribution >= 0.6 is 0 Å². The summed E-state index contributed by atoms with van der Waals surface area (Å²) >= 11 is 0. The van der Waals surface area contributed by atoms with E-state index in [1.807, 2.05) is 0 Å². The molecule has 7 heteroatoms. The van der Waals surface area contributed by atoms with Crippen molar-refractivity contribution in [2.45, 2.75) is 6.92 Å². The van der Waals surface area contributed by atoms with Crippen LogP contribution in [0.25, 0.3) is 0 Å². The molecule has 0 aliphatic rings. The standard InChI is InChI=1S/C16H16N2O5/c1-12(19)17-13-5-4-6-14(11-13)22-9-10-23-16-8-3-2-7-15(16)18(20)21/h2-8,11H,9-10H2,1H3,(H,17,19). The zero-order valence-corrected chi connectivity index (χ0v) is 12.5. The van der Waals surface area contributed by atoms with E-state index >= 15 is 0 Å². The fraction of sp³-hybridized carbons (Fsp3) is 0.188. The molecule has 0 aliphatic heterocycles. The van der Waals surface area contributed by atoms with Gasteiger partial charge in [-0.05, 0) is 18.2 Å². The second-order valence-electron chi connectivity index (χ2n) is 4.63. The number of nitro benzene ring substituents is 1. The normalized spacial score (nSPS) is 9.96. The van der Waals surface area contributed by atoms with E-state index in [1.54, 1.807) is 36.4 Å². The Labute approximate surface area is 133 Å². The Balaban J connectivity index is 1.86. The number of rotatable bonds is 7. The van der Waals surface area contributed by atoms with Crippen LogP contribution in [0.2, 0.25) is 0 Å². The molecule has 7 nitrogen and oxygen atoms in total. The van der Waals surface area contributed by atoms with E-state index in [0.717, 1.165) is 0 Å². The molecule has 0 bridgehead atoms. The van der Waals surface area contributed by atoms with Crippen molar-refractivity contribution in [2.24, 2.45) is 0 Å². The summed E-state index contributed by atoms with van der Waals surface area (Å²) in [5.41, 5.74) is 0.551. The second kappa shape index (κ2) is 7.79. The Morgan fingerprint density at radius 3 is 2.61 bits per heavy atom. The highest BCUT2D eigenvalue weighted by Gasteiger charge is 2.13. The van der Waals surface area contributed by atoms with Crippen molar-refractivity contribution in [3.05, 3.63) is 58.6 Å². The Morgan fingerprint density at radius 2 is 1.87 bits per heavy atom. The highest BCUT2D eigenvalue weighted by atomic mass is 16.6. The second-order valence-corrected chi connectivity index (χ2v) is 4.63. The molecule has 1 amide bonds. The Morgan fingerprint density at radius 1 is 1.13 bits per heavy atom. The van der Waals surface area contributed by atoms with Gasteiger partial charge in [-0.15, -0.1) is 0 Å². The van der Waals surface area contributed by atoms with Gasteiger partial charge in [0.25, 0.3) is 0 Å². The molecule has 0 aromatic heterocycles. The number of hydrogen-bond donors (Lipinski definition) is 1. The maximum Gasteiger partial charge on any atom is 0.310 e. The number of nitrogens with zero attached hydrogens (tertiary/aromatic N) is 1. The van der Waals surface area contributed by atoms with Gasteiger partial charge < -0.3 is 14.8 Å². The summed E-state index contributed by atoms with van der Waals surface area (Å²) in [7, 11) is 0. The molecule has 120 valence electrons. The lowest BCUT2D eigenvalue weighted by atomic mass is 10.3. The molecule has 0 fully saturated rings. The fourth-order valence-electron chi connectivity index (χ4n) is 1.91. The van der Waals surface area contributed by atoms with Gasteiger partial charge in [-0.1, -0.05) is 18.2 Å². The number of carbonyl (C=O) groups is 1. The predicted octanol–water partition coefficient (Wildman–Crippen LogP) is 3.01. The highest BCUT2D eigenvalue weighted by Crippen LogP contribution is 2.25. The van der Waals surface area contributed by atoms with Crippen LogP contribution in [-0.2, 0) is 4.79 Å². The number of nitro groups is 1. The van der Waals surface area contributed by atoms with E-state index in [9.17, 15) is 14.9 Å². The SMILES string of the molecule is CC(=O)Nc1cccc(OCCOc2ccccc2[N+](=O)[O-])c1. The molecule has 2 rings (SSSR count). The van der Waals surface area contributed by atoms with Crippen molar-refractivity contribution in [1.82, 2.24) is 0 Å². The number of nitrogens with one attached hydrogen (secondary N) is 1. The van der Waals surface area contributed by atoms with Gasteiger partial charge in [-0.2, -0.15) is 0 Å². The zero-order valence-electron chi connectivity index (χ0n) is 12.5. The van der Waals surface area contributed by atoms with Gasteiger partial charge in [0.2, 0.25) is 5.91 Å². The molecule has 0 spiro atoms. The van der Waals surface area contributed by atoms with E-state index < -0.39 is 4.92 Å². The van der Waals surface area contributed by atoms with Gasteiger partial charge in [-0.25, -0.2) is 0 Å². The van der Waals surface area contributed by atoms with E-state index in [-0.39, 0.29) is 30.6 Å². The van der Waals surface area contributed by atoms with Crippen LogP contribution in [0.15, 0.2) is 48.5 Å². The van der Waals surface area contributed by atoms with Crippen LogP contribution in [0.3, 0.4) is 0 Å². The van der Waals surface area contributed by atoms with Gasteiger partial charge in [0, 0.05) is 24.7 Å². The van der Waals surface area contributed by atoms with E-state index in [0.29, 0.717) is 11.4 Å². The molecule has 2 aromatic carbocycles. The summed E-state index contributed by atoms with van der Waals surface area (Å²) in [5, 5.41) is 13.5. The van der Waals surface area contributed by atoms with Gasteiger partial charge in [-0.3, -0.25) is 14.9 Å². The zero-order chi connectivity index (χ0) is 16.7. The van der Waals surface area contributed by atoms with Crippen LogP contribution in [0.5, 0.6) is 11.5 Å². The van der Waals surface area contributed by atoms with Crippen molar-refractivity contribution in [2.75, 3.05) is 18.5 Å². The largest absolute Gasteiger partial charge is 0.490 e. The molecule has 2 aromatic rings. The molecule has 1 N–H and O–H groups in total. The highest BCUT2D eigenvalue weighted by molar-refractivity contribution is 5.88. The Kier molecular flexibility index (Phi) is 5.51. The predicted molar refractivity (Wildman–Crippen MR) is 84.8 cm³/mol. The minimum absolute atomic E-state index is 0.0832. The minimum Gasteiger partial charge on any atom is -0.490 e. The maximum absolute atomic E-state index is 11.0. The Hall–Kier alpha value is -3.09. The first-order valence-electron chi connectivity index (χ1n) is 6.93. The third-order valence-electron chi connectivity index (χ3n) is 2.83. The number of ether oxygens (including phenoxy) is 2. The fourth-order valence-corrected chi connectivity index (χ4v) is 1.91. The number of benzene rings is 2. The van der Waals surface area contributed by atoms with Crippen LogP contribution < -0.4 is 14.8 Å². The van der Waals surface area contributed by atoms with Gasteiger partial charge in [0.05, 0.1) is 4.92 Å². The van der Waals surface area contributed by atoms with Gasteiger partial charge in [0.1, 0.15) is 19.0 Å². The minimum atomic E-state index is -0.493. The maximum atomic E-state index is 11.0. The van der Waals surface area contributed by atoms with Crippen molar-refractivity contribution < 1.29 is 19.2 Å². The van der Waals surface area contributed by atoms with E-state index in [2.05, 4.69) is 5.32 Å². The van der Waals surface area contributed by atoms with Crippen LogP contribution in [0.4, 0.5) is 11.4 Å². The average Bonchev–Trinajstić information content (AvgIpc) is 2.51. The summed E-state index contributed by atoms with van der Waals surface area (Å²) in [6, 6.07) is 13.1. The lowest BCUT2D eigenvalue weighted by Crippen LogP contribution is -2.10. The van der Waals surface area contributed by atoms with Crippen molar-refractivity contribution in [3.8, 4) is 11.5 Å². The van der Waals surface area contributed by atoms with Crippen molar-refractivity contribution >= 4 is 17.3 Å². The van der Waals surface area contributed by atoms with Gasteiger partial charge in [0.15, 0.2) is 5.75 Å². The van der Waals surface area contributed by atoms with Gasteiger partial charge >= 0.3 is 5.69 Å². The summed E-state index contributed by atoms with van der Waals surface area (Å²) in [6.45, 7) is 1.80. The number of carbonyl (C=O) groups excluding carboxylic acids is 1. The molecule has 0 heterocycles. The molecule has 0 atom stereocenters.